The number of nitrogens with zero attached hydrogens (tertiary/aromatic N) is 8. The van der Waals surface area contributed by atoms with Crippen molar-refractivity contribution in [3.05, 3.63) is 0 Å². The van der Waals surface area contributed by atoms with Crippen molar-refractivity contribution in [2.24, 2.45) is 10.2 Å². The molecule has 0 aliphatic carbocycles. The van der Waals surface area contributed by atoms with Crippen LogP contribution in [0.1, 0.15) is 26.7 Å². The molecule has 3 rings (SSSR count). The van der Waals surface area contributed by atoms with Crippen LogP contribution >= 0.6 is 0 Å². The van der Waals surface area contributed by atoms with E-state index in [0.717, 1.165) is 0 Å². The van der Waals surface area contributed by atoms with Gasteiger partial charge in [-0.15, -0.1) is 20.4 Å². The quantitative estimate of drug-likeness (QED) is 0.686. The zero-order chi connectivity index (χ0) is 21.1. The maximum absolute atomic E-state index is 13.2. The fourth-order valence-corrected chi connectivity index (χ4v) is 2.69. The van der Waals surface area contributed by atoms with E-state index in [4.69, 9.17) is 0 Å². The number of rotatable bonds is 2. The molecule has 1 aromatic heterocycles. The topological polar surface area (TPSA) is 123 Å². The molecule has 0 radical (unpaired) electrons. The number of alkyl halides is 6. The molecule has 154 valence electrons. The average Bonchev–Trinajstić information content (AvgIpc) is 3.04. The van der Waals surface area contributed by atoms with Crippen molar-refractivity contribution in [3.8, 4) is 0 Å². The largest absolute Gasteiger partial charge is 0.438 e. The van der Waals surface area contributed by atoms with E-state index in [1.807, 2.05) is 0 Å². The van der Waals surface area contributed by atoms with Gasteiger partial charge in [-0.3, -0.25) is 0 Å². The molecule has 2 N–H and O–H groups in total. The van der Waals surface area contributed by atoms with Crippen LogP contribution in [0.2, 0.25) is 0 Å². The smallest absolute Gasteiger partial charge is 0.362 e. The number of hydrogen-bond donors (Lipinski definition) is 2. The van der Waals surface area contributed by atoms with Crippen molar-refractivity contribution in [3.63, 3.8) is 0 Å². The summed E-state index contributed by atoms with van der Waals surface area (Å²) in [6.45, 7) is 2.44. The zero-order valence-corrected chi connectivity index (χ0v) is 14.2. The van der Waals surface area contributed by atoms with Gasteiger partial charge in [-0.25, -0.2) is 0 Å². The van der Waals surface area contributed by atoms with Gasteiger partial charge in [0.2, 0.25) is 0 Å². The Morgan fingerprint density at radius 3 is 1.25 bits per heavy atom. The van der Waals surface area contributed by atoms with Crippen LogP contribution in [0.4, 0.5) is 38.2 Å². The van der Waals surface area contributed by atoms with Crippen LogP contribution < -0.4 is 10.0 Å². The summed E-state index contributed by atoms with van der Waals surface area (Å²) < 4.78 is 79.3. The minimum Gasteiger partial charge on any atom is -0.362 e. The first-order valence-corrected chi connectivity index (χ1v) is 7.53. The molecular weight excluding hydrogens is 402 g/mol. The molecule has 16 heteroatoms. The molecule has 2 atom stereocenters. The Hall–Kier alpha value is -2.62. The minimum absolute atomic E-state index is 0.0283. The van der Waals surface area contributed by atoms with Crippen molar-refractivity contribution in [1.82, 2.24) is 20.4 Å². The summed E-state index contributed by atoms with van der Waals surface area (Å²) in [5.74, 6) is -1.81. The second-order valence-electron chi connectivity index (χ2n) is 6.28. The lowest BCUT2D eigenvalue weighted by Crippen LogP contribution is -2.56. The first-order valence-electron chi connectivity index (χ1n) is 7.53. The molecule has 2 unspecified atom stereocenters. The minimum atomic E-state index is -5.15. The highest BCUT2D eigenvalue weighted by molar-refractivity contribution is 5.87. The van der Waals surface area contributed by atoms with Gasteiger partial charge in [-0.1, -0.05) is 0 Å². The summed E-state index contributed by atoms with van der Waals surface area (Å²) in [5.41, 5.74) is -7.12. The number of halogens is 6. The standard InChI is InChI=1S/C12H12F6N8O2/c1-5-3-9(27,11(13,14)15)25(23-5)7-19-21-8(22-20-7)26-10(28,12(16,17)18)4-6(2)24-26/h27-28H,3-4H2,1-2H3. The predicted molar refractivity (Wildman–Crippen MR) is 80.0 cm³/mol. The Labute approximate surface area is 152 Å². The number of hydrazone groups is 2. The highest BCUT2D eigenvalue weighted by atomic mass is 19.4. The molecule has 2 aliphatic heterocycles. The van der Waals surface area contributed by atoms with Gasteiger partial charge in [0.25, 0.3) is 23.3 Å². The Kier molecular flexibility index (Phi) is 4.27. The highest BCUT2D eigenvalue weighted by Gasteiger charge is 2.63. The molecule has 2 aliphatic rings. The monoisotopic (exact) mass is 414 g/mol. The van der Waals surface area contributed by atoms with Crippen LogP contribution in [0.15, 0.2) is 10.2 Å². The van der Waals surface area contributed by atoms with Gasteiger partial charge in [0.1, 0.15) is 0 Å². The van der Waals surface area contributed by atoms with E-state index in [1.54, 1.807) is 0 Å². The molecule has 0 amide bonds. The molecule has 28 heavy (non-hydrogen) atoms. The van der Waals surface area contributed by atoms with E-state index in [9.17, 15) is 36.6 Å². The van der Waals surface area contributed by atoms with E-state index in [0.29, 0.717) is 0 Å². The van der Waals surface area contributed by atoms with Gasteiger partial charge in [-0.2, -0.15) is 46.6 Å². The van der Waals surface area contributed by atoms with Gasteiger partial charge in [0, 0.05) is 24.3 Å². The summed E-state index contributed by atoms with van der Waals surface area (Å²) >= 11 is 0. The lowest BCUT2D eigenvalue weighted by atomic mass is 10.1. The number of hydrogen-bond acceptors (Lipinski definition) is 10. The van der Waals surface area contributed by atoms with Gasteiger partial charge >= 0.3 is 12.4 Å². The molecule has 0 spiro atoms. The Morgan fingerprint density at radius 1 is 0.714 bits per heavy atom. The molecule has 0 saturated carbocycles. The summed E-state index contributed by atoms with van der Waals surface area (Å²) in [5, 5.41) is 40.0. The van der Waals surface area contributed by atoms with Gasteiger partial charge in [0.15, 0.2) is 0 Å². The maximum Gasteiger partial charge on any atom is 0.438 e. The van der Waals surface area contributed by atoms with Crippen LogP contribution in [0, 0.1) is 0 Å². The van der Waals surface area contributed by atoms with Crippen LogP contribution in [-0.4, -0.2) is 65.8 Å². The van der Waals surface area contributed by atoms with Crippen molar-refractivity contribution < 1.29 is 36.6 Å². The van der Waals surface area contributed by atoms with E-state index >= 15 is 0 Å². The summed E-state index contributed by atoms with van der Waals surface area (Å²) in [7, 11) is 0. The third-order valence-electron chi connectivity index (χ3n) is 3.99. The third kappa shape index (κ3) is 2.92. The van der Waals surface area contributed by atoms with Crippen LogP contribution in [0.3, 0.4) is 0 Å². The molecule has 3 heterocycles. The highest BCUT2D eigenvalue weighted by Crippen LogP contribution is 2.43. The first kappa shape index (κ1) is 20.1. The van der Waals surface area contributed by atoms with Gasteiger partial charge in [0.05, 0.1) is 0 Å². The summed E-state index contributed by atoms with van der Waals surface area (Å²) in [6.07, 6.45) is -12.1. The van der Waals surface area contributed by atoms with Crippen LogP contribution in [0.5, 0.6) is 0 Å². The van der Waals surface area contributed by atoms with Crippen molar-refractivity contribution in [1.29, 1.82) is 0 Å². The fraction of sp³-hybridized carbons (Fsp3) is 0.667. The Balaban J connectivity index is 1.96. The molecular formula is C12H12F6N8O2. The predicted octanol–water partition coefficient (Wildman–Crippen LogP) is 0.940. The first-order chi connectivity index (χ1) is 12.7. The van der Waals surface area contributed by atoms with Gasteiger partial charge < -0.3 is 10.2 Å². The van der Waals surface area contributed by atoms with E-state index in [2.05, 4.69) is 30.6 Å². The van der Waals surface area contributed by atoms with Crippen molar-refractivity contribution in [2.75, 3.05) is 10.0 Å². The number of aliphatic hydroxyl groups is 2. The summed E-state index contributed by atoms with van der Waals surface area (Å²) in [4.78, 5) is 0. The van der Waals surface area contributed by atoms with Crippen molar-refractivity contribution >= 4 is 23.3 Å². The maximum atomic E-state index is 13.2. The SMILES string of the molecule is CC1=NN(c2nnc(N3N=C(C)CC3(O)C(F)(F)F)nn2)C(O)(C(F)(F)F)C1. The molecule has 10 nitrogen and oxygen atoms in total. The molecule has 0 bridgehead atoms. The second kappa shape index (κ2) is 5.94. The second-order valence-corrected chi connectivity index (χ2v) is 6.28. The molecule has 0 fully saturated rings. The van der Waals surface area contributed by atoms with Crippen LogP contribution in [0.25, 0.3) is 0 Å². The van der Waals surface area contributed by atoms with Crippen LogP contribution in [-0.2, 0) is 0 Å². The van der Waals surface area contributed by atoms with Gasteiger partial charge in [-0.05, 0) is 13.8 Å². The average molecular weight is 414 g/mol. The third-order valence-corrected chi connectivity index (χ3v) is 3.99. The Bertz CT molecular complexity index is 771. The fourth-order valence-electron chi connectivity index (χ4n) is 2.69. The van der Waals surface area contributed by atoms with Crippen molar-refractivity contribution in [2.45, 2.75) is 50.5 Å². The van der Waals surface area contributed by atoms with E-state index < -0.39 is 48.5 Å². The molecule has 0 aromatic carbocycles. The molecule has 1 aromatic rings. The lowest BCUT2D eigenvalue weighted by molar-refractivity contribution is -0.255. The number of anilines is 2. The molecule has 0 saturated heterocycles. The van der Waals surface area contributed by atoms with E-state index in [-0.39, 0.29) is 21.4 Å². The zero-order valence-electron chi connectivity index (χ0n) is 14.2. The normalized spacial score (nSPS) is 28.6. The number of aromatic nitrogens is 4. The summed E-state index contributed by atoms with van der Waals surface area (Å²) in [6, 6.07) is 0. The Morgan fingerprint density at radius 2 is 1.00 bits per heavy atom. The van der Waals surface area contributed by atoms with E-state index in [1.165, 1.54) is 13.8 Å². The lowest BCUT2D eigenvalue weighted by Gasteiger charge is -2.33.